The number of carbonyl (C=O) groups is 1. The second-order valence-corrected chi connectivity index (χ2v) is 11.4. The average Bonchev–Trinajstić information content (AvgIpc) is 2.88. The van der Waals surface area contributed by atoms with Gasteiger partial charge in [0.1, 0.15) is 6.10 Å². The Morgan fingerprint density at radius 3 is 2.26 bits per heavy atom. The van der Waals surface area contributed by atoms with Crippen LogP contribution in [-0.2, 0) is 9.53 Å². The standard InChI is InChI=1S/C32H52O6/c1-8-9-12-24(5)32-26(7)28(34)18-15-21(2)19-25(6)31(37)23(4)16-17-27(33)20-29(35)22(3)13-10-11-14-30(36)38-32/h8-14,16-17,21-29,31-35,37H,1,15,18-20H2,2-7H3/b12-9-,13-10+,14-11-,17-16-/t21-,22?,23-,24?,25?,26-,27?,28+,29-,31?,32+/m0/s1. The fourth-order valence-corrected chi connectivity index (χ4v) is 5.04. The van der Waals surface area contributed by atoms with Gasteiger partial charge in [-0.05, 0) is 31.1 Å². The maximum Gasteiger partial charge on any atom is 0.331 e. The summed E-state index contributed by atoms with van der Waals surface area (Å²) in [6, 6.07) is 0. The van der Waals surface area contributed by atoms with Crippen LogP contribution in [0.15, 0.2) is 61.3 Å². The molecule has 0 aromatic heterocycles. The van der Waals surface area contributed by atoms with Crippen molar-refractivity contribution in [2.75, 3.05) is 0 Å². The lowest BCUT2D eigenvalue weighted by Crippen LogP contribution is -2.37. The molecule has 5 unspecified atom stereocenters. The summed E-state index contributed by atoms with van der Waals surface area (Å²) in [6.07, 6.45) is 14.2. The highest BCUT2D eigenvalue weighted by molar-refractivity contribution is 5.82. The molecule has 0 saturated heterocycles. The van der Waals surface area contributed by atoms with Gasteiger partial charge in [0.25, 0.3) is 0 Å². The summed E-state index contributed by atoms with van der Waals surface area (Å²) < 4.78 is 5.81. The molecule has 1 aliphatic rings. The van der Waals surface area contributed by atoms with Gasteiger partial charge in [0.2, 0.25) is 0 Å². The summed E-state index contributed by atoms with van der Waals surface area (Å²) >= 11 is 0. The maximum atomic E-state index is 12.6. The van der Waals surface area contributed by atoms with Crippen molar-refractivity contribution in [3.63, 3.8) is 0 Å². The Bertz CT molecular complexity index is 815. The molecule has 0 spiro atoms. The van der Waals surface area contributed by atoms with Gasteiger partial charge >= 0.3 is 5.97 Å². The zero-order valence-corrected chi connectivity index (χ0v) is 24.2. The van der Waals surface area contributed by atoms with E-state index in [0.29, 0.717) is 6.42 Å². The summed E-state index contributed by atoms with van der Waals surface area (Å²) in [5.74, 6) is -0.976. The van der Waals surface area contributed by atoms with Gasteiger partial charge in [-0.25, -0.2) is 4.79 Å². The van der Waals surface area contributed by atoms with Gasteiger partial charge in [-0.1, -0.05) is 96.7 Å². The first-order chi connectivity index (χ1) is 17.9. The Kier molecular flexibility index (Phi) is 15.7. The van der Waals surface area contributed by atoms with Crippen molar-refractivity contribution in [2.45, 2.75) is 97.7 Å². The van der Waals surface area contributed by atoms with Gasteiger partial charge < -0.3 is 25.2 Å². The van der Waals surface area contributed by atoms with E-state index in [1.807, 2.05) is 52.8 Å². The summed E-state index contributed by atoms with van der Waals surface area (Å²) in [6.45, 7) is 15.5. The highest BCUT2D eigenvalue weighted by Crippen LogP contribution is 2.28. The third kappa shape index (κ3) is 12.2. The van der Waals surface area contributed by atoms with E-state index in [4.69, 9.17) is 4.74 Å². The van der Waals surface area contributed by atoms with Crippen LogP contribution >= 0.6 is 0 Å². The summed E-state index contributed by atoms with van der Waals surface area (Å²) in [7, 11) is 0. The van der Waals surface area contributed by atoms with Crippen molar-refractivity contribution < 1.29 is 30.0 Å². The minimum atomic E-state index is -0.828. The molecule has 0 fully saturated rings. The Labute approximate surface area is 230 Å². The lowest BCUT2D eigenvalue weighted by Gasteiger charge is -2.31. The largest absolute Gasteiger partial charge is 0.458 e. The molecule has 0 radical (unpaired) electrons. The number of allylic oxidation sites excluding steroid dienone is 4. The number of carbonyl (C=O) groups excluding carboxylic acids is 1. The molecule has 216 valence electrons. The van der Waals surface area contributed by atoms with Crippen molar-refractivity contribution >= 4 is 5.97 Å². The monoisotopic (exact) mass is 532 g/mol. The highest BCUT2D eigenvalue weighted by atomic mass is 16.5. The molecule has 1 rings (SSSR count). The van der Waals surface area contributed by atoms with Crippen LogP contribution in [0.3, 0.4) is 0 Å². The summed E-state index contributed by atoms with van der Waals surface area (Å²) in [4.78, 5) is 12.6. The third-order valence-corrected chi connectivity index (χ3v) is 7.78. The van der Waals surface area contributed by atoms with E-state index >= 15 is 0 Å². The lowest BCUT2D eigenvalue weighted by atomic mass is 9.82. The molecule has 0 bridgehead atoms. The van der Waals surface area contributed by atoms with Gasteiger partial charge in [-0.3, -0.25) is 0 Å². The van der Waals surface area contributed by atoms with Gasteiger partial charge in [0, 0.05) is 36.2 Å². The van der Waals surface area contributed by atoms with Gasteiger partial charge in [-0.2, -0.15) is 0 Å². The number of esters is 1. The van der Waals surface area contributed by atoms with E-state index in [0.717, 1.165) is 12.8 Å². The molecule has 1 aliphatic heterocycles. The smallest absolute Gasteiger partial charge is 0.331 e. The number of ether oxygens (including phenoxy) is 1. The first-order valence-electron chi connectivity index (χ1n) is 14.1. The van der Waals surface area contributed by atoms with Crippen LogP contribution in [0.5, 0.6) is 0 Å². The number of aliphatic hydroxyl groups is 4. The molecule has 0 aromatic carbocycles. The SMILES string of the molecule is C=C/C=C\C(C)[C@H]1OC(=O)/C=C\C=C\C(C)[C@@H](O)CC(O)/C=C\[C@H](C)C(O)C(C)C[C@@H](C)CC[C@@H](O)[C@@H]1C. The number of aliphatic hydroxyl groups excluding tert-OH is 4. The first kappa shape index (κ1) is 34.0. The van der Waals surface area contributed by atoms with Crippen LogP contribution in [0.2, 0.25) is 0 Å². The number of cyclic esters (lactones) is 1. The van der Waals surface area contributed by atoms with Crippen LogP contribution in [0.4, 0.5) is 0 Å². The number of rotatable bonds is 3. The van der Waals surface area contributed by atoms with Crippen LogP contribution < -0.4 is 0 Å². The minimum absolute atomic E-state index is 0.0366. The quantitative estimate of drug-likeness (QED) is 0.228. The summed E-state index contributed by atoms with van der Waals surface area (Å²) in [5, 5.41) is 42.7. The fourth-order valence-electron chi connectivity index (χ4n) is 5.04. The molecule has 11 atom stereocenters. The van der Waals surface area contributed by atoms with Gasteiger partial charge in [0.15, 0.2) is 0 Å². The van der Waals surface area contributed by atoms with E-state index in [1.54, 1.807) is 30.4 Å². The van der Waals surface area contributed by atoms with Crippen molar-refractivity contribution in [1.29, 1.82) is 0 Å². The topological polar surface area (TPSA) is 107 Å². The molecule has 1 heterocycles. The molecule has 0 amide bonds. The zero-order valence-electron chi connectivity index (χ0n) is 24.2. The molecule has 0 aromatic rings. The molecule has 6 heteroatoms. The van der Waals surface area contributed by atoms with Crippen LogP contribution in [0, 0.1) is 35.5 Å². The van der Waals surface area contributed by atoms with E-state index in [1.165, 1.54) is 6.08 Å². The molecule has 4 N–H and O–H groups in total. The van der Waals surface area contributed by atoms with Crippen molar-refractivity contribution in [3.05, 3.63) is 61.3 Å². The second kappa shape index (κ2) is 17.6. The fraction of sp³-hybridized carbons (Fsp3) is 0.656. The molecular weight excluding hydrogens is 480 g/mol. The van der Waals surface area contributed by atoms with Crippen LogP contribution in [0.1, 0.15) is 67.2 Å². The number of hydrogen-bond donors (Lipinski definition) is 4. The molecule has 6 nitrogen and oxygen atoms in total. The van der Waals surface area contributed by atoms with Gasteiger partial charge in [-0.15, -0.1) is 0 Å². The van der Waals surface area contributed by atoms with Crippen LogP contribution in [0.25, 0.3) is 0 Å². The Morgan fingerprint density at radius 1 is 0.921 bits per heavy atom. The van der Waals surface area contributed by atoms with Crippen molar-refractivity contribution in [1.82, 2.24) is 0 Å². The van der Waals surface area contributed by atoms with Gasteiger partial charge in [0.05, 0.1) is 24.4 Å². The van der Waals surface area contributed by atoms with E-state index < -0.39 is 36.5 Å². The van der Waals surface area contributed by atoms with Crippen LogP contribution in [-0.4, -0.2) is 56.9 Å². The highest BCUT2D eigenvalue weighted by Gasteiger charge is 2.31. The molecule has 0 saturated carbocycles. The molecule has 0 aliphatic carbocycles. The Morgan fingerprint density at radius 2 is 1.61 bits per heavy atom. The Balaban J connectivity index is 3.17. The van der Waals surface area contributed by atoms with Crippen molar-refractivity contribution in [3.8, 4) is 0 Å². The number of hydrogen-bond acceptors (Lipinski definition) is 6. The normalized spacial score (nSPS) is 40.7. The third-order valence-electron chi connectivity index (χ3n) is 7.78. The van der Waals surface area contributed by atoms with Crippen molar-refractivity contribution in [2.24, 2.45) is 35.5 Å². The van der Waals surface area contributed by atoms with E-state index in [2.05, 4.69) is 13.5 Å². The predicted octanol–water partition coefficient (Wildman–Crippen LogP) is 5.14. The zero-order chi connectivity index (χ0) is 28.8. The second-order valence-electron chi connectivity index (χ2n) is 11.4. The first-order valence-corrected chi connectivity index (χ1v) is 14.1. The molecule has 38 heavy (non-hydrogen) atoms. The predicted molar refractivity (Wildman–Crippen MR) is 154 cm³/mol. The summed E-state index contributed by atoms with van der Waals surface area (Å²) in [5.41, 5.74) is 0. The van der Waals surface area contributed by atoms with E-state index in [-0.39, 0.29) is 41.9 Å². The molecular formula is C32H52O6. The van der Waals surface area contributed by atoms with E-state index in [9.17, 15) is 25.2 Å². The minimum Gasteiger partial charge on any atom is -0.458 e. The Hall–Kier alpha value is -1.99. The average molecular weight is 533 g/mol. The maximum absolute atomic E-state index is 12.6. The lowest BCUT2D eigenvalue weighted by molar-refractivity contribution is -0.150.